The molecule has 2 atom stereocenters. The number of hydrogen-bond acceptors (Lipinski definition) is 6. The Kier molecular flexibility index (Phi) is 4.58. The topological polar surface area (TPSA) is 85.7 Å². The minimum absolute atomic E-state index is 0.0379. The molecule has 1 aromatic heterocycles. The fraction of sp³-hybridized carbons (Fsp3) is 0.476. The van der Waals surface area contributed by atoms with E-state index in [1.165, 1.54) is 10.6 Å². The summed E-state index contributed by atoms with van der Waals surface area (Å²) >= 11 is 0. The molecule has 2 aromatic rings. The molecule has 0 spiro atoms. The van der Waals surface area contributed by atoms with Gasteiger partial charge >= 0.3 is 6.18 Å². The molecule has 1 aromatic carbocycles. The summed E-state index contributed by atoms with van der Waals surface area (Å²) in [6.45, 7) is 1.23. The number of aliphatic imine (C=N–C) groups is 1. The first-order chi connectivity index (χ1) is 14.7. The summed E-state index contributed by atoms with van der Waals surface area (Å²) in [5, 5.41) is 0. The second-order valence-electron chi connectivity index (χ2n) is 8.40. The van der Waals surface area contributed by atoms with E-state index in [0.29, 0.717) is 24.6 Å². The third-order valence-electron chi connectivity index (χ3n) is 6.08. The molecule has 4 fully saturated rings. The van der Waals surface area contributed by atoms with Crippen molar-refractivity contribution in [1.82, 2.24) is 9.55 Å². The monoisotopic (exact) mass is 433 g/mol. The molecule has 0 radical (unpaired) electrons. The lowest BCUT2D eigenvalue weighted by atomic mass is 9.99. The van der Waals surface area contributed by atoms with E-state index in [1.54, 1.807) is 13.1 Å². The molecule has 4 aliphatic rings. The average Bonchev–Trinajstić information content (AvgIpc) is 3.55. The van der Waals surface area contributed by atoms with Gasteiger partial charge < -0.3 is 15.4 Å². The van der Waals surface area contributed by atoms with Crippen LogP contribution in [0.25, 0.3) is 0 Å². The summed E-state index contributed by atoms with van der Waals surface area (Å²) in [4.78, 5) is 23.1. The van der Waals surface area contributed by atoms with Crippen molar-refractivity contribution < 1.29 is 17.9 Å². The largest absolute Gasteiger partial charge is 0.418 e. The number of hydrogen-bond donors (Lipinski definition) is 1. The fourth-order valence-electron chi connectivity index (χ4n) is 4.25. The number of nitrogen functional groups attached to an aromatic ring is 1. The number of nitrogens with zero attached hydrogens (tertiary/aromatic N) is 4. The number of halogens is 3. The maximum Gasteiger partial charge on any atom is 0.418 e. The first kappa shape index (κ1) is 20.0. The zero-order valence-electron chi connectivity index (χ0n) is 16.9. The van der Waals surface area contributed by atoms with Crippen LogP contribution in [0.4, 0.5) is 30.6 Å². The van der Waals surface area contributed by atoms with Crippen molar-refractivity contribution in [2.24, 2.45) is 12.0 Å². The van der Waals surface area contributed by atoms with Crippen LogP contribution in [0.1, 0.15) is 41.9 Å². The Labute approximate surface area is 176 Å². The highest BCUT2D eigenvalue weighted by molar-refractivity contribution is 5.87. The Morgan fingerprint density at radius 3 is 2.55 bits per heavy atom. The van der Waals surface area contributed by atoms with Gasteiger partial charge in [-0.25, -0.2) is 0 Å². The number of anilines is 2. The molecule has 1 aliphatic carbocycles. The number of alkyl halides is 3. The Bertz CT molecular complexity index is 1110. The van der Waals surface area contributed by atoms with Crippen molar-refractivity contribution in [3.63, 3.8) is 0 Å². The van der Waals surface area contributed by atoms with E-state index in [1.807, 2.05) is 4.90 Å². The number of benzene rings is 1. The van der Waals surface area contributed by atoms with Gasteiger partial charge in [0.25, 0.3) is 5.56 Å². The van der Waals surface area contributed by atoms with Gasteiger partial charge in [-0.3, -0.25) is 14.4 Å². The molecule has 2 unspecified atom stereocenters. The molecule has 4 heterocycles. The molecule has 6 rings (SSSR count). The fourth-order valence-corrected chi connectivity index (χ4v) is 4.25. The van der Waals surface area contributed by atoms with E-state index in [0.717, 1.165) is 31.5 Å². The smallest absolute Gasteiger partial charge is 0.383 e. The Balaban J connectivity index is 1.47. The summed E-state index contributed by atoms with van der Waals surface area (Å²) in [6, 6.07) is 4.15. The van der Waals surface area contributed by atoms with Crippen LogP contribution in [-0.2, 0) is 18.0 Å². The summed E-state index contributed by atoms with van der Waals surface area (Å²) in [5.74, 6) is 0.539. The molecule has 164 valence electrons. The Morgan fingerprint density at radius 1 is 1.26 bits per heavy atom. The number of ether oxygens (including phenoxy) is 1. The number of rotatable bonds is 4. The zero-order valence-corrected chi connectivity index (χ0v) is 16.9. The van der Waals surface area contributed by atoms with Crippen LogP contribution in [0.2, 0.25) is 0 Å². The molecular weight excluding hydrogens is 411 g/mol. The summed E-state index contributed by atoms with van der Waals surface area (Å²) in [6.07, 6.45) is -0.439. The van der Waals surface area contributed by atoms with Gasteiger partial charge in [-0.05, 0) is 36.5 Å². The van der Waals surface area contributed by atoms with Crippen molar-refractivity contribution in [2.75, 3.05) is 23.7 Å². The molecule has 7 nitrogen and oxygen atoms in total. The summed E-state index contributed by atoms with van der Waals surface area (Å²) < 4.78 is 47.6. The highest BCUT2D eigenvalue weighted by Gasteiger charge is 2.40. The van der Waals surface area contributed by atoms with Crippen molar-refractivity contribution in [1.29, 1.82) is 0 Å². The van der Waals surface area contributed by atoms with Gasteiger partial charge in [0.15, 0.2) is 0 Å². The van der Waals surface area contributed by atoms with Gasteiger partial charge in [0, 0.05) is 32.8 Å². The minimum Gasteiger partial charge on any atom is -0.383 e. The molecule has 2 N–H and O–H groups in total. The highest BCUT2D eigenvalue weighted by atomic mass is 19.4. The lowest BCUT2D eigenvalue weighted by molar-refractivity contribution is -0.137. The molecule has 31 heavy (non-hydrogen) atoms. The van der Waals surface area contributed by atoms with Crippen molar-refractivity contribution >= 4 is 23.7 Å². The number of aromatic nitrogens is 2. The standard InChI is InChI=1S/C21H22F3N5O2/c1-28-19(30)15(18(25)27-20(28)29-9-13-7-14(10-29)31-13)8-26-17-5-4-12(11-2-3-11)6-16(17)21(22,23)24/h4-6,8,11,13-14H,2-3,7,9-10,25H2,1H3. The van der Waals surface area contributed by atoms with Crippen LogP contribution in [0.15, 0.2) is 28.0 Å². The van der Waals surface area contributed by atoms with Crippen molar-refractivity contribution in [3.8, 4) is 0 Å². The molecule has 2 bridgehead atoms. The van der Waals surface area contributed by atoms with E-state index in [2.05, 4.69) is 9.98 Å². The molecular formula is C21H22F3N5O2. The molecule has 3 saturated heterocycles. The molecule has 0 amide bonds. The highest BCUT2D eigenvalue weighted by Crippen LogP contribution is 2.44. The summed E-state index contributed by atoms with van der Waals surface area (Å²) in [7, 11) is 1.56. The first-order valence-electron chi connectivity index (χ1n) is 10.2. The quantitative estimate of drug-likeness (QED) is 0.750. The Morgan fingerprint density at radius 2 is 1.94 bits per heavy atom. The average molecular weight is 433 g/mol. The van der Waals surface area contributed by atoms with E-state index >= 15 is 0 Å². The maximum atomic E-state index is 13.6. The third-order valence-corrected chi connectivity index (χ3v) is 6.08. The number of piperidine rings is 1. The van der Waals surface area contributed by atoms with Crippen LogP contribution in [0, 0.1) is 0 Å². The van der Waals surface area contributed by atoms with Crippen molar-refractivity contribution in [3.05, 3.63) is 45.2 Å². The second-order valence-corrected chi connectivity index (χ2v) is 8.40. The SMILES string of the molecule is Cn1c(N2CC3CC(C2)O3)nc(N)c(C=Nc2ccc(C3CC3)cc2C(F)(F)F)c1=O. The number of morpholine rings is 1. The van der Waals surface area contributed by atoms with Crippen LogP contribution < -0.4 is 16.2 Å². The first-order valence-corrected chi connectivity index (χ1v) is 10.2. The Hall–Kier alpha value is -2.88. The van der Waals surface area contributed by atoms with Gasteiger partial charge in [0.1, 0.15) is 11.4 Å². The van der Waals surface area contributed by atoms with Gasteiger partial charge in [0.2, 0.25) is 5.95 Å². The van der Waals surface area contributed by atoms with Gasteiger partial charge in [-0.15, -0.1) is 0 Å². The van der Waals surface area contributed by atoms with Gasteiger partial charge in [-0.2, -0.15) is 18.2 Å². The molecule has 10 heteroatoms. The normalized spacial score (nSPS) is 23.3. The third kappa shape index (κ3) is 3.69. The zero-order chi connectivity index (χ0) is 21.9. The van der Waals surface area contributed by atoms with Crippen molar-refractivity contribution in [2.45, 2.75) is 43.6 Å². The second kappa shape index (κ2) is 7.08. The molecule has 1 saturated carbocycles. The van der Waals surface area contributed by atoms with E-state index in [-0.39, 0.29) is 35.2 Å². The molecule has 3 aliphatic heterocycles. The lowest BCUT2D eigenvalue weighted by Crippen LogP contribution is -2.58. The van der Waals surface area contributed by atoms with Crippen LogP contribution >= 0.6 is 0 Å². The van der Waals surface area contributed by atoms with Gasteiger partial charge in [-0.1, -0.05) is 6.07 Å². The predicted molar refractivity (Wildman–Crippen MR) is 110 cm³/mol. The van der Waals surface area contributed by atoms with Crippen LogP contribution in [0.3, 0.4) is 0 Å². The van der Waals surface area contributed by atoms with Crippen LogP contribution in [-0.4, -0.2) is 41.1 Å². The number of fused-ring (bicyclic) bond motifs is 2. The van der Waals surface area contributed by atoms with Crippen LogP contribution in [0.5, 0.6) is 0 Å². The lowest BCUT2D eigenvalue weighted by Gasteiger charge is -2.47. The van der Waals surface area contributed by atoms with E-state index in [4.69, 9.17) is 10.5 Å². The number of nitrogens with two attached hydrogens (primary N) is 1. The van der Waals surface area contributed by atoms with E-state index < -0.39 is 17.3 Å². The van der Waals surface area contributed by atoms with E-state index in [9.17, 15) is 18.0 Å². The predicted octanol–water partition coefficient (Wildman–Crippen LogP) is 2.99. The summed E-state index contributed by atoms with van der Waals surface area (Å²) in [5.41, 5.74) is 5.10. The maximum absolute atomic E-state index is 13.6. The minimum atomic E-state index is -4.55. The van der Waals surface area contributed by atoms with Gasteiger partial charge in [0.05, 0.1) is 23.5 Å².